The Morgan fingerprint density at radius 2 is 2.67 bits per heavy atom. The van der Waals surface area contributed by atoms with Crippen LogP contribution in [-0.4, -0.2) is 28.4 Å². The number of carbonyl (C=O) groups is 1. The van der Waals surface area contributed by atoms with Gasteiger partial charge in [-0.3, -0.25) is 4.79 Å². The van der Waals surface area contributed by atoms with Crippen LogP contribution in [0, 0.1) is 0 Å². The quantitative estimate of drug-likeness (QED) is 0.666. The molecule has 0 saturated heterocycles. The highest BCUT2D eigenvalue weighted by molar-refractivity contribution is 6.65. The Balaban J connectivity index is 2.30. The summed E-state index contributed by atoms with van der Waals surface area (Å²) in [6.07, 6.45) is 0.390. The van der Waals surface area contributed by atoms with Gasteiger partial charge in [-0.05, 0) is 0 Å². The highest BCUT2D eigenvalue weighted by atomic mass is 35.5. The second kappa shape index (κ2) is 3.73. The summed E-state index contributed by atoms with van der Waals surface area (Å²) in [6, 6.07) is -0.909. The maximum absolute atomic E-state index is 10.3. The van der Waals surface area contributed by atoms with Crippen LogP contribution in [0.5, 0.6) is 0 Å². The summed E-state index contributed by atoms with van der Waals surface area (Å²) < 4.78 is 0. The van der Waals surface area contributed by atoms with Gasteiger partial charge in [0, 0.05) is 12.8 Å². The molecule has 0 spiro atoms. The molecule has 3 N–H and O–H groups in total. The number of carboxylic acid groups (broad SMARTS) is 1. The van der Waals surface area contributed by atoms with Gasteiger partial charge in [-0.1, -0.05) is 16.8 Å². The minimum Gasteiger partial charge on any atom is -0.480 e. The van der Waals surface area contributed by atoms with Crippen LogP contribution < -0.4 is 5.73 Å². The van der Waals surface area contributed by atoms with Crippen LogP contribution in [0.1, 0.15) is 12.8 Å². The summed E-state index contributed by atoms with van der Waals surface area (Å²) in [7, 11) is 0. The number of nitrogens with zero attached hydrogens (tertiary/aromatic N) is 1. The standard InChI is InChI=1S/C6H9ClN2O3/c7-5-2-3(12-9-5)1-4(8)6(10)11/h3-4H,1-2,8H2,(H,10,11)/t3-,4-/m1/s1. The first kappa shape index (κ1) is 9.28. The third-order valence-electron chi connectivity index (χ3n) is 1.53. The van der Waals surface area contributed by atoms with E-state index in [0.29, 0.717) is 11.6 Å². The second-order valence-electron chi connectivity index (χ2n) is 2.58. The number of aliphatic carboxylic acids is 1. The van der Waals surface area contributed by atoms with E-state index in [1.807, 2.05) is 0 Å². The molecule has 0 aromatic carbocycles. The van der Waals surface area contributed by atoms with Crippen LogP contribution in [0.15, 0.2) is 5.16 Å². The number of nitrogens with two attached hydrogens (primary N) is 1. The fourth-order valence-electron chi connectivity index (χ4n) is 0.905. The molecule has 0 aliphatic carbocycles. The first-order valence-electron chi connectivity index (χ1n) is 3.46. The Bertz CT molecular complexity index is 219. The van der Waals surface area contributed by atoms with Gasteiger partial charge in [0.25, 0.3) is 0 Å². The highest BCUT2D eigenvalue weighted by Gasteiger charge is 2.25. The van der Waals surface area contributed by atoms with Crippen molar-refractivity contribution in [3.63, 3.8) is 0 Å². The highest BCUT2D eigenvalue weighted by Crippen LogP contribution is 2.16. The first-order valence-corrected chi connectivity index (χ1v) is 3.84. The largest absolute Gasteiger partial charge is 0.480 e. The van der Waals surface area contributed by atoms with Gasteiger partial charge in [0.15, 0.2) is 0 Å². The summed E-state index contributed by atoms with van der Waals surface area (Å²) in [5.41, 5.74) is 5.27. The van der Waals surface area contributed by atoms with Crippen LogP contribution in [0.25, 0.3) is 0 Å². The van der Waals surface area contributed by atoms with E-state index < -0.39 is 12.0 Å². The average Bonchev–Trinajstić information content (AvgIpc) is 2.35. The molecule has 0 radical (unpaired) electrons. The number of hydrogen-bond acceptors (Lipinski definition) is 4. The smallest absolute Gasteiger partial charge is 0.320 e. The molecule has 68 valence electrons. The van der Waals surface area contributed by atoms with E-state index in [0.717, 1.165) is 0 Å². The van der Waals surface area contributed by atoms with Gasteiger partial charge in [0.1, 0.15) is 17.3 Å². The zero-order chi connectivity index (χ0) is 9.14. The number of hydrogen-bond donors (Lipinski definition) is 2. The molecule has 0 aromatic rings. The predicted molar refractivity (Wildman–Crippen MR) is 43.0 cm³/mol. The van der Waals surface area contributed by atoms with E-state index in [-0.39, 0.29) is 12.5 Å². The van der Waals surface area contributed by atoms with Gasteiger partial charge in [0.2, 0.25) is 0 Å². The Labute approximate surface area is 74.1 Å². The summed E-state index contributed by atoms with van der Waals surface area (Å²) in [6.45, 7) is 0. The maximum atomic E-state index is 10.3. The lowest BCUT2D eigenvalue weighted by Crippen LogP contribution is -2.33. The summed E-state index contributed by atoms with van der Waals surface area (Å²) in [5.74, 6) is -1.04. The van der Waals surface area contributed by atoms with E-state index in [9.17, 15) is 4.79 Å². The van der Waals surface area contributed by atoms with E-state index in [1.165, 1.54) is 0 Å². The molecule has 0 aromatic heterocycles. The molecular weight excluding hydrogens is 184 g/mol. The molecule has 1 aliphatic heterocycles. The average molecular weight is 193 g/mol. The van der Waals surface area contributed by atoms with Gasteiger partial charge in [-0.15, -0.1) is 0 Å². The minimum atomic E-state index is -1.04. The molecule has 5 nitrogen and oxygen atoms in total. The SMILES string of the molecule is N[C@H](C[C@@H]1CC(Cl)=NO1)C(=O)O. The number of halogens is 1. The molecule has 1 rings (SSSR count). The normalized spacial score (nSPS) is 24.5. The van der Waals surface area contributed by atoms with Crippen LogP contribution in [0.3, 0.4) is 0 Å². The summed E-state index contributed by atoms with van der Waals surface area (Å²) >= 11 is 5.51. The minimum absolute atomic E-state index is 0.231. The van der Waals surface area contributed by atoms with Gasteiger partial charge in [0.05, 0.1) is 0 Å². The number of carboxylic acids is 1. The zero-order valence-electron chi connectivity index (χ0n) is 6.24. The molecule has 0 unspecified atom stereocenters. The van der Waals surface area contributed by atoms with E-state index in [1.54, 1.807) is 0 Å². The maximum Gasteiger partial charge on any atom is 0.320 e. The Hall–Kier alpha value is -0.810. The zero-order valence-corrected chi connectivity index (χ0v) is 6.99. The summed E-state index contributed by atoms with van der Waals surface area (Å²) in [5, 5.41) is 12.3. The van der Waals surface area contributed by atoms with E-state index in [4.69, 9.17) is 27.3 Å². The molecule has 0 saturated carbocycles. The number of rotatable bonds is 3. The Morgan fingerprint density at radius 3 is 3.08 bits per heavy atom. The van der Waals surface area contributed by atoms with E-state index in [2.05, 4.69) is 5.16 Å². The van der Waals surface area contributed by atoms with Gasteiger partial charge < -0.3 is 15.7 Å². The fourth-order valence-corrected chi connectivity index (χ4v) is 1.12. The van der Waals surface area contributed by atoms with Crippen LogP contribution in [-0.2, 0) is 9.63 Å². The van der Waals surface area contributed by atoms with Crippen molar-refractivity contribution in [3.8, 4) is 0 Å². The molecule has 0 bridgehead atoms. The molecule has 0 amide bonds. The van der Waals surface area contributed by atoms with Gasteiger partial charge >= 0.3 is 5.97 Å². The van der Waals surface area contributed by atoms with Gasteiger partial charge in [-0.2, -0.15) is 0 Å². The second-order valence-corrected chi connectivity index (χ2v) is 3.02. The van der Waals surface area contributed by atoms with Crippen LogP contribution >= 0.6 is 11.6 Å². The molecule has 12 heavy (non-hydrogen) atoms. The molecular formula is C6H9ClN2O3. The van der Waals surface area contributed by atoms with E-state index >= 15 is 0 Å². The number of oxime groups is 1. The van der Waals surface area contributed by atoms with Crippen LogP contribution in [0.4, 0.5) is 0 Å². The van der Waals surface area contributed by atoms with Crippen molar-refractivity contribution < 1.29 is 14.7 Å². The monoisotopic (exact) mass is 192 g/mol. The van der Waals surface area contributed by atoms with Crippen molar-refractivity contribution >= 4 is 22.7 Å². The lowest BCUT2D eigenvalue weighted by atomic mass is 10.1. The molecule has 1 heterocycles. The summed E-state index contributed by atoms with van der Waals surface area (Å²) in [4.78, 5) is 15.1. The lowest BCUT2D eigenvalue weighted by molar-refractivity contribution is -0.139. The predicted octanol–water partition coefficient (Wildman–Crippen LogP) is 0.130. The molecule has 2 atom stereocenters. The first-order chi connectivity index (χ1) is 5.59. The van der Waals surface area contributed by atoms with Crippen molar-refractivity contribution in [2.45, 2.75) is 25.0 Å². The van der Waals surface area contributed by atoms with Crippen molar-refractivity contribution in [3.05, 3.63) is 0 Å². The van der Waals surface area contributed by atoms with Crippen molar-refractivity contribution in [2.75, 3.05) is 0 Å². The fraction of sp³-hybridized carbons (Fsp3) is 0.667. The Morgan fingerprint density at radius 1 is 2.00 bits per heavy atom. The third-order valence-corrected chi connectivity index (χ3v) is 1.75. The van der Waals surface area contributed by atoms with Crippen molar-refractivity contribution in [2.24, 2.45) is 10.9 Å². The molecule has 1 aliphatic rings. The van der Waals surface area contributed by atoms with Gasteiger partial charge in [-0.25, -0.2) is 0 Å². The molecule has 0 fully saturated rings. The van der Waals surface area contributed by atoms with Crippen molar-refractivity contribution in [1.82, 2.24) is 0 Å². The molecule has 6 heteroatoms. The van der Waals surface area contributed by atoms with Crippen LogP contribution in [0.2, 0.25) is 0 Å². The Kier molecular flexibility index (Phi) is 2.88. The topological polar surface area (TPSA) is 84.9 Å². The lowest BCUT2D eigenvalue weighted by Gasteiger charge is -2.10. The van der Waals surface area contributed by atoms with Crippen molar-refractivity contribution in [1.29, 1.82) is 0 Å². The third kappa shape index (κ3) is 2.35.